The van der Waals surface area contributed by atoms with E-state index in [1.165, 1.54) is 11.1 Å². The summed E-state index contributed by atoms with van der Waals surface area (Å²) in [6.45, 7) is 3.09. The van der Waals surface area contributed by atoms with Crippen molar-refractivity contribution in [3.05, 3.63) is 58.2 Å². The number of pyridine rings is 1. The minimum absolute atomic E-state index is 0.399. The normalized spacial score (nSPS) is 12.3. The molecule has 106 valence electrons. The smallest absolute Gasteiger partial charge is 0.123 e. The van der Waals surface area contributed by atoms with E-state index in [0.29, 0.717) is 11.9 Å². The largest absolute Gasteiger partial charge is 0.384 e. The van der Waals surface area contributed by atoms with Crippen molar-refractivity contribution in [3.8, 4) is 0 Å². The molecule has 0 bridgehead atoms. The summed E-state index contributed by atoms with van der Waals surface area (Å²) >= 11 is 3.52. The van der Waals surface area contributed by atoms with Crippen LogP contribution in [0.15, 0.2) is 47.1 Å². The first-order valence-electron chi connectivity index (χ1n) is 6.85. The van der Waals surface area contributed by atoms with Crippen LogP contribution in [0.1, 0.15) is 18.1 Å². The van der Waals surface area contributed by atoms with Crippen molar-refractivity contribution in [1.29, 1.82) is 0 Å². The van der Waals surface area contributed by atoms with Gasteiger partial charge in [0.25, 0.3) is 0 Å². The third kappa shape index (κ3) is 4.62. The van der Waals surface area contributed by atoms with Gasteiger partial charge in [0.2, 0.25) is 0 Å². The average molecular weight is 334 g/mol. The van der Waals surface area contributed by atoms with Crippen LogP contribution in [0.4, 0.5) is 5.82 Å². The molecule has 0 radical (unpaired) electrons. The van der Waals surface area contributed by atoms with Crippen molar-refractivity contribution in [2.45, 2.75) is 25.8 Å². The second-order valence-electron chi connectivity index (χ2n) is 4.88. The van der Waals surface area contributed by atoms with Crippen LogP contribution in [0, 0.1) is 0 Å². The van der Waals surface area contributed by atoms with E-state index in [1.54, 1.807) is 6.20 Å². The van der Waals surface area contributed by atoms with Crippen molar-refractivity contribution in [1.82, 2.24) is 10.3 Å². The highest BCUT2D eigenvalue weighted by Gasteiger charge is 2.10. The zero-order valence-electron chi connectivity index (χ0n) is 11.6. The van der Waals surface area contributed by atoms with Crippen LogP contribution in [0.5, 0.6) is 0 Å². The van der Waals surface area contributed by atoms with Gasteiger partial charge in [0.05, 0.1) is 0 Å². The van der Waals surface area contributed by atoms with Gasteiger partial charge in [-0.1, -0.05) is 35.0 Å². The number of nitrogens with zero attached hydrogens (tertiary/aromatic N) is 1. The molecular weight excluding hydrogens is 314 g/mol. The van der Waals surface area contributed by atoms with Crippen molar-refractivity contribution in [2.75, 3.05) is 12.3 Å². The summed E-state index contributed by atoms with van der Waals surface area (Å²) in [6, 6.07) is 12.8. The summed E-state index contributed by atoms with van der Waals surface area (Å²) in [5.74, 6) is 0.584. The molecule has 2 aromatic rings. The van der Waals surface area contributed by atoms with E-state index in [2.05, 4.69) is 57.4 Å². The number of hydrogen-bond donors (Lipinski definition) is 2. The van der Waals surface area contributed by atoms with Gasteiger partial charge in [-0.05, 0) is 54.8 Å². The number of aromatic nitrogens is 1. The zero-order valence-corrected chi connectivity index (χ0v) is 13.2. The lowest BCUT2D eigenvalue weighted by Crippen LogP contribution is -2.33. The fourth-order valence-corrected chi connectivity index (χ4v) is 2.81. The number of benzene rings is 1. The standard InChI is InChI=1S/C16H20BrN3/c1-2-19-15(9-12-4-3-5-14(17)8-12)10-13-6-7-20-16(18)11-13/h3-8,11,15,19H,2,9-10H2,1H3,(H2,18,20). The van der Waals surface area contributed by atoms with Gasteiger partial charge in [-0.15, -0.1) is 0 Å². The number of halogens is 1. The molecule has 2 rings (SSSR count). The van der Waals surface area contributed by atoms with Crippen LogP contribution < -0.4 is 11.1 Å². The Bertz CT molecular complexity index is 509. The molecule has 1 heterocycles. The summed E-state index contributed by atoms with van der Waals surface area (Å²) < 4.78 is 1.12. The molecule has 0 aliphatic rings. The topological polar surface area (TPSA) is 50.9 Å². The van der Waals surface area contributed by atoms with E-state index in [0.717, 1.165) is 23.9 Å². The third-order valence-electron chi connectivity index (χ3n) is 3.19. The Balaban J connectivity index is 2.07. The molecule has 20 heavy (non-hydrogen) atoms. The summed E-state index contributed by atoms with van der Waals surface area (Å²) in [4.78, 5) is 4.04. The molecule has 1 unspecified atom stereocenters. The summed E-state index contributed by atoms with van der Waals surface area (Å²) in [5.41, 5.74) is 8.29. The molecule has 0 aliphatic carbocycles. The lowest BCUT2D eigenvalue weighted by molar-refractivity contribution is 0.521. The molecule has 1 aromatic carbocycles. The number of likely N-dealkylation sites (N-methyl/N-ethyl adjacent to an activating group) is 1. The van der Waals surface area contributed by atoms with Crippen molar-refractivity contribution in [2.24, 2.45) is 0 Å². The fourth-order valence-electron chi connectivity index (χ4n) is 2.36. The van der Waals surface area contributed by atoms with E-state index in [9.17, 15) is 0 Å². The SMILES string of the molecule is CCNC(Cc1cccc(Br)c1)Cc1ccnc(N)c1. The first kappa shape index (κ1) is 15.0. The highest BCUT2D eigenvalue weighted by molar-refractivity contribution is 9.10. The van der Waals surface area contributed by atoms with Crippen LogP contribution >= 0.6 is 15.9 Å². The molecule has 0 amide bonds. The zero-order chi connectivity index (χ0) is 14.4. The minimum Gasteiger partial charge on any atom is -0.384 e. The van der Waals surface area contributed by atoms with E-state index >= 15 is 0 Å². The summed E-state index contributed by atoms with van der Waals surface area (Å²) in [6.07, 6.45) is 3.72. The lowest BCUT2D eigenvalue weighted by Gasteiger charge is -2.18. The van der Waals surface area contributed by atoms with Gasteiger partial charge in [0.1, 0.15) is 5.82 Å². The Hall–Kier alpha value is -1.39. The number of nitrogens with one attached hydrogen (secondary N) is 1. The number of nitrogen functional groups attached to an aromatic ring is 1. The molecule has 3 N–H and O–H groups in total. The number of anilines is 1. The summed E-state index contributed by atoms with van der Waals surface area (Å²) in [7, 11) is 0. The van der Waals surface area contributed by atoms with E-state index in [4.69, 9.17) is 5.73 Å². The van der Waals surface area contributed by atoms with Crippen LogP contribution in [-0.2, 0) is 12.8 Å². The average Bonchev–Trinajstić information content (AvgIpc) is 2.39. The van der Waals surface area contributed by atoms with E-state index in [1.807, 2.05) is 12.1 Å². The number of hydrogen-bond acceptors (Lipinski definition) is 3. The maximum Gasteiger partial charge on any atom is 0.123 e. The molecule has 0 saturated heterocycles. The number of rotatable bonds is 6. The first-order chi connectivity index (χ1) is 9.67. The Labute approximate surface area is 128 Å². The van der Waals surface area contributed by atoms with Gasteiger partial charge in [-0.3, -0.25) is 0 Å². The molecule has 1 aromatic heterocycles. The molecule has 0 spiro atoms. The third-order valence-corrected chi connectivity index (χ3v) is 3.68. The van der Waals surface area contributed by atoms with Gasteiger partial charge in [0, 0.05) is 16.7 Å². The molecule has 0 aliphatic heterocycles. The second kappa shape index (κ2) is 7.41. The van der Waals surface area contributed by atoms with Crippen LogP contribution in [0.25, 0.3) is 0 Å². The monoisotopic (exact) mass is 333 g/mol. The van der Waals surface area contributed by atoms with Crippen LogP contribution in [-0.4, -0.2) is 17.6 Å². The Morgan fingerprint density at radius 2 is 1.95 bits per heavy atom. The lowest BCUT2D eigenvalue weighted by atomic mass is 9.99. The molecule has 4 heteroatoms. The van der Waals surface area contributed by atoms with Gasteiger partial charge in [0.15, 0.2) is 0 Å². The van der Waals surface area contributed by atoms with Gasteiger partial charge in [-0.2, -0.15) is 0 Å². The Morgan fingerprint density at radius 3 is 2.60 bits per heavy atom. The Kier molecular flexibility index (Phi) is 5.56. The maximum atomic E-state index is 5.74. The van der Waals surface area contributed by atoms with Crippen LogP contribution in [0.2, 0.25) is 0 Å². The van der Waals surface area contributed by atoms with Crippen molar-refractivity contribution in [3.63, 3.8) is 0 Å². The highest BCUT2D eigenvalue weighted by atomic mass is 79.9. The fraction of sp³-hybridized carbons (Fsp3) is 0.312. The molecule has 1 atom stereocenters. The minimum atomic E-state index is 0.399. The van der Waals surface area contributed by atoms with Gasteiger partial charge >= 0.3 is 0 Å². The van der Waals surface area contributed by atoms with E-state index in [-0.39, 0.29) is 0 Å². The van der Waals surface area contributed by atoms with Gasteiger partial charge < -0.3 is 11.1 Å². The first-order valence-corrected chi connectivity index (χ1v) is 7.65. The number of nitrogens with two attached hydrogens (primary N) is 1. The highest BCUT2D eigenvalue weighted by Crippen LogP contribution is 2.15. The Morgan fingerprint density at radius 1 is 1.20 bits per heavy atom. The van der Waals surface area contributed by atoms with Crippen LogP contribution in [0.3, 0.4) is 0 Å². The predicted molar refractivity (Wildman–Crippen MR) is 87.7 cm³/mol. The van der Waals surface area contributed by atoms with Gasteiger partial charge in [-0.25, -0.2) is 4.98 Å². The maximum absolute atomic E-state index is 5.74. The van der Waals surface area contributed by atoms with E-state index < -0.39 is 0 Å². The quantitative estimate of drug-likeness (QED) is 0.853. The van der Waals surface area contributed by atoms with Crippen molar-refractivity contribution >= 4 is 21.7 Å². The predicted octanol–water partition coefficient (Wildman–Crippen LogP) is 3.19. The van der Waals surface area contributed by atoms with Crippen molar-refractivity contribution < 1.29 is 0 Å². The summed E-state index contributed by atoms with van der Waals surface area (Å²) in [5, 5.41) is 3.54. The molecule has 0 saturated carbocycles. The molecule has 3 nitrogen and oxygen atoms in total. The molecular formula is C16H20BrN3. The molecule has 0 fully saturated rings. The second-order valence-corrected chi connectivity index (χ2v) is 5.80.